The number of ether oxygens (including phenoxy) is 1. The SMILES string of the molecule is COC(=O)c1cccc(-c2ccc3nc(N)nc(N)c3c2)c1Cc1ccccc1. The van der Waals surface area contributed by atoms with Gasteiger partial charge < -0.3 is 16.2 Å². The summed E-state index contributed by atoms with van der Waals surface area (Å²) in [6.07, 6.45) is 0.590. The Morgan fingerprint density at radius 1 is 0.966 bits per heavy atom. The van der Waals surface area contributed by atoms with Crippen LogP contribution in [0.25, 0.3) is 22.0 Å². The Balaban J connectivity index is 1.91. The maximum absolute atomic E-state index is 12.4. The molecule has 4 rings (SSSR count). The van der Waals surface area contributed by atoms with Gasteiger partial charge in [-0.25, -0.2) is 9.78 Å². The number of rotatable bonds is 4. The van der Waals surface area contributed by atoms with E-state index in [1.54, 1.807) is 6.07 Å². The van der Waals surface area contributed by atoms with Crippen LogP contribution < -0.4 is 11.5 Å². The molecule has 0 unspecified atom stereocenters. The van der Waals surface area contributed by atoms with Crippen LogP contribution in [-0.2, 0) is 11.2 Å². The number of anilines is 2. The van der Waals surface area contributed by atoms with Crippen LogP contribution in [0.5, 0.6) is 0 Å². The lowest BCUT2D eigenvalue weighted by Crippen LogP contribution is -2.08. The van der Waals surface area contributed by atoms with Crippen LogP contribution in [-0.4, -0.2) is 23.0 Å². The Morgan fingerprint density at radius 3 is 2.52 bits per heavy atom. The highest BCUT2D eigenvalue weighted by Crippen LogP contribution is 2.32. The van der Waals surface area contributed by atoms with Crippen LogP contribution >= 0.6 is 0 Å². The summed E-state index contributed by atoms with van der Waals surface area (Å²) >= 11 is 0. The van der Waals surface area contributed by atoms with Crippen molar-refractivity contribution in [2.45, 2.75) is 6.42 Å². The number of nitrogens with zero attached hydrogens (tertiary/aromatic N) is 2. The third kappa shape index (κ3) is 3.60. The highest BCUT2D eigenvalue weighted by molar-refractivity contribution is 5.96. The molecular weight excluding hydrogens is 364 g/mol. The molecular formula is C23H20N4O2. The van der Waals surface area contributed by atoms with Crippen LogP contribution in [0.2, 0.25) is 0 Å². The highest BCUT2D eigenvalue weighted by atomic mass is 16.5. The Morgan fingerprint density at radius 2 is 1.76 bits per heavy atom. The summed E-state index contributed by atoms with van der Waals surface area (Å²) in [7, 11) is 1.39. The molecule has 0 spiro atoms. The van der Waals surface area contributed by atoms with Gasteiger partial charge >= 0.3 is 5.97 Å². The number of nitrogen functional groups attached to an aromatic ring is 2. The van der Waals surface area contributed by atoms with E-state index in [9.17, 15) is 4.79 Å². The van der Waals surface area contributed by atoms with Crippen molar-refractivity contribution < 1.29 is 9.53 Å². The van der Waals surface area contributed by atoms with Crippen LogP contribution in [0.3, 0.4) is 0 Å². The third-order valence-electron chi connectivity index (χ3n) is 4.86. The van der Waals surface area contributed by atoms with Crippen LogP contribution in [0.15, 0.2) is 66.7 Å². The molecule has 0 bridgehead atoms. The zero-order valence-corrected chi connectivity index (χ0v) is 15.9. The van der Waals surface area contributed by atoms with E-state index >= 15 is 0 Å². The molecule has 1 aromatic heterocycles. The molecule has 0 aliphatic rings. The van der Waals surface area contributed by atoms with E-state index in [2.05, 4.69) is 9.97 Å². The molecule has 0 atom stereocenters. The molecule has 4 aromatic rings. The number of carbonyl (C=O) groups excluding carboxylic acids is 1. The lowest BCUT2D eigenvalue weighted by atomic mass is 9.90. The average Bonchev–Trinajstić information content (AvgIpc) is 2.74. The second kappa shape index (κ2) is 7.59. The van der Waals surface area contributed by atoms with Crippen molar-refractivity contribution >= 4 is 28.6 Å². The van der Waals surface area contributed by atoms with Crippen molar-refractivity contribution in [1.29, 1.82) is 0 Å². The monoisotopic (exact) mass is 384 g/mol. The van der Waals surface area contributed by atoms with E-state index in [1.807, 2.05) is 60.7 Å². The Hall–Kier alpha value is -3.93. The first kappa shape index (κ1) is 18.4. The van der Waals surface area contributed by atoms with Crippen molar-refractivity contribution in [1.82, 2.24) is 9.97 Å². The van der Waals surface area contributed by atoms with E-state index < -0.39 is 0 Å². The molecule has 6 nitrogen and oxygen atoms in total. The van der Waals surface area contributed by atoms with Crippen LogP contribution in [0.4, 0.5) is 11.8 Å². The first-order chi connectivity index (χ1) is 14.1. The first-order valence-electron chi connectivity index (χ1n) is 9.14. The standard InChI is InChI=1S/C23H20N4O2/c1-29-22(28)17-9-5-8-16(18(17)12-14-6-3-2-4-7-14)15-10-11-20-19(13-15)21(24)27-23(25)26-20/h2-11,13H,12H2,1H3,(H4,24,25,26,27). The van der Waals surface area contributed by atoms with Gasteiger partial charge in [0.15, 0.2) is 0 Å². The first-order valence-corrected chi connectivity index (χ1v) is 9.14. The van der Waals surface area contributed by atoms with E-state index in [4.69, 9.17) is 16.2 Å². The van der Waals surface area contributed by atoms with E-state index in [1.165, 1.54) is 7.11 Å². The summed E-state index contributed by atoms with van der Waals surface area (Å²) in [5.41, 5.74) is 16.8. The lowest BCUT2D eigenvalue weighted by molar-refractivity contribution is 0.0599. The quantitative estimate of drug-likeness (QED) is 0.518. The normalized spacial score (nSPS) is 10.8. The van der Waals surface area contributed by atoms with E-state index in [0.717, 1.165) is 22.3 Å². The molecule has 0 fully saturated rings. The predicted octanol–water partition coefficient (Wildman–Crippen LogP) is 3.84. The molecule has 0 amide bonds. The summed E-state index contributed by atoms with van der Waals surface area (Å²) in [4.78, 5) is 20.7. The maximum atomic E-state index is 12.4. The third-order valence-corrected chi connectivity index (χ3v) is 4.86. The van der Waals surface area contributed by atoms with Crippen molar-refractivity contribution in [3.05, 3.63) is 83.4 Å². The van der Waals surface area contributed by atoms with Gasteiger partial charge in [0, 0.05) is 5.39 Å². The minimum absolute atomic E-state index is 0.139. The van der Waals surface area contributed by atoms with Crippen LogP contribution in [0.1, 0.15) is 21.5 Å². The number of hydrogen-bond donors (Lipinski definition) is 2. The second-order valence-corrected chi connectivity index (χ2v) is 6.68. The van der Waals surface area contributed by atoms with Gasteiger partial charge in [-0.05, 0) is 46.9 Å². The van der Waals surface area contributed by atoms with Gasteiger partial charge in [-0.3, -0.25) is 0 Å². The Kier molecular flexibility index (Phi) is 4.83. The van der Waals surface area contributed by atoms with Crippen LogP contribution in [0, 0.1) is 0 Å². The fourth-order valence-electron chi connectivity index (χ4n) is 3.49. The summed E-state index contributed by atoms with van der Waals surface area (Å²) in [5.74, 6) is 0.0949. The van der Waals surface area contributed by atoms with Gasteiger partial charge in [0.1, 0.15) is 5.82 Å². The lowest BCUT2D eigenvalue weighted by Gasteiger charge is -2.15. The zero-order valence-electron chi connectivity index (χ0n) is 15.9. The fraction of sp³-hybridized carbons (Fsp3) is 0.0870. The molecule has 0 saturated heterocycles. The van der Waals surface area contributed by atoms with E-state index in [0.29, 0.717) is 28.7 Å². The molecule has 6 heteroatoms. The molecule has 0 aliphatic heterocycles. The van der Waals surface area contributed by atoms with Gasteiger partial charge in [-0.1, -0.05) is 48.5 Å². The largest absolute Gasteiger partial charge is 0.465 e. The Labute approximate surface area is 168 Å². The van der Waals surface area contributed by atoms with Crippen molar-refractivity contribution in [2.24, 2.45) is 0 Å². The fourth-order valence-corrected chi connectivity index (χ4v) is 3.49. The molecule has 0 radical (unpaired) electrons. The molecule has 0 aliphatic carbocycles. The smallest absolute Gasteiger partial charge is 0.338 e. The zero-order chi connectivity index (χ0) is 20.4. The average molecular weight is 384 g/mol. The topological polar surface area (TPSA) is 104 Å². The molecule has 0 saturated carbocycles. The number of aromatic nitrogens is 2. The number of nitrogens with two attached hydrogens (primary N) is 2. The molecule has 144 valence electrons. The summed E-state index contributed by atoms with van der Waals surface area (Å²) < 4.78 is 5.02. The number of carbonyl (C=O) groups is 1. The Bertz CT molecular complexity index is 1210. The summed E-state index contributed by atoms with van der Waals surface area (Å²) in [6, 6.07) is 21.3. The van der Waals surface area contributed by atoms with Crippen molar-refractivity contribution in [3.63, 3.8) is 0 Å². The molecule has 1 heterocycles. The van der Waals surface area contributed by atoms with Crippen molar-refractivity contribution in [3.8, 4) is 11.1 Å². The number of esters is 1. The van der Waals surface area contributed by atoms with Gasteiger partial charge in [0.05, 0.1) is 18.2 Å². The number of fused-ring (bicyclic) bond motifs is 1. The minimum atomic E-state index is -0.366. The summed E-state index contributed by atoms with van der Waals surface area (Å²) in [5, 5.41) is 0.714. The number of benzene rings is 3. The molecule has 29 heavy (non-hydrogen) atoms. The summed E-state index contributed by atoms with van der Waals surface area (Å²) in [6.45, 7) is 0. The molecule has 4 N–H and O–H groups in total. The minimum Gasteiger partial charge on any atom is -0.465 e. The van der Waals surface area contributed by atoms with Gasteiger partial charge in [0.2, 0.25) is 5.95 Å². The number of methoxy groups -OCH3 is 1. The van der Waals surface area contributed by atoms with Gasteiger partial charge in [-0.15, -0.1) is 0 Å². The number of hydrogen-bond acceptors (Lipinski definition) is 6. The van der Waals surface area contributed by atoms with E-state index in [-0.39, 0.29) is 11.9 Å². The predicted molar refractivity (Wildman–Crippen MR) is 114 cm³/mol. The molecule has 3 aromatic carbocycles. The highest BCUT2D eigenvalue weighted by Gasteiger charge is 2.17. The maximum Gasteiger partial charge on any atom is 0.338 e. The van der Waals surface area contributed by atoms with Crippen molar-refractivity contribution in [2.75, 3.05) is 18.6 Å². The van der Waals surface area contributed by atoms with Gasteiger partial charge in [-0.2, -0.15) is 4.98 Å². The second-order valence-electron chi connectivity index (χ2n) is 6.68. The van der Waals surface area contributed by atoms with Gasteiger partial charge in [0.25, 0.3) is 0 Å².